The van der Waals surface area contributed by atoms with E-state index < -0.39 is 6.10 Å². The highest BCUT2D eigenvalue weighted by atomic mass is 32.1. The number of rotatable bonds is 4. The number of ether oxygens (including phenoxy) is 2. The first-order valence-electron chi connectivity index (χ1n) is 8.61. The first-order valence-corrected chi connectivity index (χ1v) is 9.49. The summed E-state index contributed by atoms with van der Waals surface area (Å²) >= 11 is 1.33. The van der Waals surface area contributed by atoms with Crippen LogP contribution < -0.4 is 20.1 Å². The van der Waals surface area contributed by atoms with Gasteiger partial charge in [0, 0.05) is 23.6 Å². The van der Waals surface area contributed by atoms with E-state index in [0.717, 1.165) is 16.9 Å². The van der Waals surface area contributed by atoms with E-state index in [2.05, 4.69) is 15.6 Å². The number of aromatic nitrogens is 1. The molecule has 0 spiro atoms. The molecule has 8 heteroatoms. The molecule has 4 rings (SSSR count). The van der Waals surface area contributed by atoms with E-state index in [-0.39, 0.29) is 18.4 Å². The Morgan fingerprint density at radius 3 is 2.57 bits per heavy atom. The van der Waals surface area contributed by atoms with Crippen LogP contribution in [0.1, 0.15) is 6.92 Å². The molecule has 1 unspecified atom stereocenters. The van der Waals surface area contributed by atoms with Crippen molar-refractivity contribution < 1.29 is 19.1 Å². The van der Waals surface area contributed by atoms with Crippen LogP contribution in [-0.4, -0.2) is 29.5 Å². The third-order valence-electron chi connectivity index (χ3n) is 4.04. The topological polar surface area (TPSA) is 89.6 Å². The van der Waals surface area contributed by atoms with Crippen LogP contribution in [0.15, 0.2) is 53.9 Å². The molecule has 1 atom stereocenters. The van der Waals surface area contributed by atoms with Crippen LogP contribution in [-0.2, 0) is 9.59 Å². The molecule has 0 radical (unpaired) electrons. The summed E-state index contributed by atoms with van der Waals surface area (Å²) < 4.78 is 11.3. The summed E-state index contributed by atoms with van der Waals surface area (Å²) in [5.41, 5.74) is 2.34. The summed E-state index contributed by atoms with van der Waals surface area (Å²) in [7, 11) is 0. The average Bonchev–Trinajstić information content (AvgIpc) is 3.16. The molecule has 0 saturated carbocycles. The molecule has 2 N–H and O–H groups in total. The first-order chi connectivity index (χ1) is 13.6. The maximum atomic E-state index is 12.5. The summed E-state index contributed by atoms with van der Waals surface area (Å²) in [4.78, 5) is 28.0. The number of benzene rings is 2. The zero-order valence-corrected chi connectivity index (χ0v) is 15.8. The SMILES string of the molecule is CC(=O)Nc1ccc(-c2csc(NC(=O)C3COc4ccccc4O3)n2)cc1. The zero-order chi connectivity index (χ0) is 19.5. The number of nitrogens with one attached hydrogen (secondary N) is 2. The monoisotopic (exact) mass is 395 g/mol. The van der Waals surface area contributed by atoms with Gasteiger partial charge in [-0.15, -0.1) is 11.3 Å². The number of thiazole rings is 1. The van der Waals surface area contributed by atoms with E-state index >= 15 is 0 Å². The van der Waals surface area contributed by atoms with Crippen LogP contribution in [0.25, 0.3) is 11.3 Å². The Morgan fingerprint density at radius 2 is 1.82 bits per heavy atom. The average molecular weight is 395 g/mol. The van der Waals surface area contributed by atoms with Crippen LogP contribution in [0.5, 0.6) is 11.5 Å². The first kappa shape index (κ1) is 18.0. The summed E-state index contributed by atoms with van der Waals surface area (Å²) in [5, 5.41) is 7.83. The molecule has 7 nitrogen and oxygen atoms in total. The molecule has 3 aromatic rings. The third-order valence-corrected chi connectivity index (χ3v) is 4.79. The summed E-state index contributed by atoms with van der Waals surface area (Å²) in [6.07, 6.45) is -0.737. The Morgan fingerprint density at radius 1 is 1.07 bits per heavy atom. The standard InChI is InChI=1S/C20H17N3O4S/c1-12(24)21-14-8-6-13(7-9-14)15-11-28-20(22-15)23-19(25)18-10-26-16-4-2-3-5-17(16)27-18/h2-9,11,18H,10H2,1H3,(H,21,24)(H,22,23,25). The van der Waals surface area contributed by atoms with Gasteiger partial charge in [0.05, 0.1) is 5.69 Å². The maximum Gasteiger partial charge on any atom is 0.270 e. The van der Waals surface area contributed by atoms with Crippen molar-refractivity contribution in [1.82, 2.24) is 4.98 Å². The molecular formula is C20H17N3O4S. The van der Waals surface area contributed by atoms with Crippen molar-refractivity contribution in [2.45, 2.75) is 13.0 Å². The number of hydrogen-bond acceptors (Lipinski definition) is 6. The van der Waals surface area contributed by atoms with Crippen molar-refractivity contribution >= 4 is 34.0 Å². The molecule has 2 amide bonds. The van der Waals surface area contributed by atoms with Gasteiger partial charge in [-0.05, 0) is 24.3 Å². The highest BCUT2D eigenvalue weighted by Gasteiger charge is 2.27. The number of para-hydroxylation sites is 2. The Labute approximate surface area is 165 Å². The smallest absolute Gasteiger partial charge is 0.270 e. The quantitative estimate of drug-likeness (QED) is 0.705. The van der Waals surface area contributed by atoms with E-state index in [0.29, 0.717) is 16.6 Å². The second kappa shape index (κ2) is 7.69. The number of hydrogen-bond donors (Lipinski definition) is 2. The normalized spacial score (nSPS) is 15.0. The van der Waals surface area contributed by atoms with Gasteiger partial charge in [-0.2, -0.15) is 0 Å². The fourth-order valence-electron chi connectivity index (χ4n) is 2.73. The third kappa shape index (κ3) is 3.96. The Kier molecular flexibility index (Phi) is 4.94. The minimum absolute atomic E-state index is 0.122. The van der Waals surface area contributed by atoms with Crippen LogP contribution in [0.4, 0.5) is 10.8 Å². The van der Waals surface area contributed by atoms with Gasteiger partial charge in [-0.25, -0.2) is 4.98 Å². The van der Waals surface area contributed by atoms with Gasteiger partial charge in [-0.1, -0.05) is 24.3 Å². The molecule has 0 bridgehead atoms. The van der Waals surface area contributed by atoms with Crippen molar-refractivity contribution in [3.63, 3.8) is 0 Å². The molecule has 1 aliphatic rings. The molecular weight excluding hydrogens is 378 g/mol. The van der Waals surface area contributed by atoms with Gasteiger partial charge in [0.1, 0.15) is 6.61 Å². The number of carbonyl (C=O) groups excluding carboxylic acids is 2. The van der Waals surface area contributed by atoms with E-state index in [1.807, 2.05) is 29.6 Å². The van der Waals surface area contributed by atoms with Crippen molar-refractivity contribution in [3.8, 4) is 22.8 Å². The number of nitrogens with zero attached hydrogens (tertiary/aromatic N) is 1. The van der Waals surface area contributed by atoms with Gasteiger partial charge in [-0.3, -0.25) is 14.9 Å². The number of anilines is 2. The number of carbonyl (C=O) groups is 2. The molecule has 1 aromatic heterocycles. The molecule has 2 aromatic carbocycles. The highest BCUT2D eigenvalue weighted by Crippen LogP contribution is 2.31. The minimum Gasteiger partial charge on any atom is -0.485 e. The minimum atomic E-state index is -0.737. The van der Waals surface area contributed by atoms with Crippen molar-refractivity contribution in [1.29, 1.82) is 0 Å². The molecule has 2 heterocycles. The Bertz CT molecular complexity index is 1020. The second-order valence-corrected chi connectivity index (χ2v) is 7.01. The Hall–Kier alpha value is -3.39. The Balaban J connectivity index is 1.41. The lowest BCUT2D eigenvalue weighted by Gasteiger charge is -2.25. The lowest BCUT2D eigenvalue weighted by molar-refractivity contribution is -0.125. The highest BCUT2D eigenvalue weighted by molar-refractivity contribution is 7.14. The largest absolute Gasteiger partial charge is 0.485 e. The van der Waals surface area contributed by atoms with Gasteiger partial charge >= 0.3 is 0 Å². The summed E-state index contributed by atoms with van der Waals surface area (Å²) in [5.74, 6) is 0.748. The van der Waals surface area contributed by atoms with Crippen LogP contribution in [0, 0.1) is 0 Å². The number of amides is 2. The van der Waals surface area contributed by atoms with Crippen LogP contribution >= 0.6 is 11.3 Å². The molecule has 1 aliphatic heterocycles. The lowest BCUT2D eigenvalue weighted by atomic mass is 10.1. The molecule has 0 aliphatic carbocycles. The second-order valence-electron chi connectivity index (χ2n) is 6.15. The van der Waals surface area contributed by atoms with E-state index in [4.69, 9.17) is 9.47 Å². The fraction of sp³-hybridized carbons (Fsp3) is 0.150. The lowest BCUT2D eigenvalue weighted by Crippen LogP contribution is -2.40. The van der Waals surface area contributed by atoms with Gasteiger partial charge in [0.15, 0.2) is 16.6 Å². The van der Waals surface area contributed by atoms with Crippen molar-refractivity contribution in [2.24, 2.45) is 0 Å². The zero-order valence-electron chi connectivity index (χ0n) is 15.0. The van der Waals surface area contributed by atoms with E-state index in [9.17, 15) is 9.59 Å². The predicted octanol–water partition coefficient (Wildman–Crippen LogP) is 3.55. The molecule has 28 heavy (non-hydrogen) atoms. The van der Waals surface area contributed by atoms with Gasteiger partial charge in [0.2, 0.25) is 12.0 Å². The van der Waals surface area contributed by atoms with Crippen LogP contribution in [0.3, 0.4) is 0 Å². The van der Waals surface area contributed by atoms with Crippen molar-refractivity contribution in [3.05, 3.63) is 53.9 Å². The van der Waals surface area contributed by atoms with Gasteiger partial charge < -0.3 is 14.8 Å². The molecule has 0 fully saturated rings. The molecule has 142 valence electrons. The maximum absolute atomic E-state index is 12.5. The molecule has 0 saturated heterocycles. The fourth-order valence-corrected chi connectivity index (χ4v) is 3.45. The van der Waals surface area contributed by atoms with E-state index in [1.165, 1.54) is 18.3 Å². The van der Waals surface area contributed by atoms with Gasteiger partial charge in [0.25, 0.3) is 5.91 Å². The van der Waals surface area contributed by atoms with E-state index in [1.54, 1.807) is 24.3 Å². The summed E-state index contributed by atoms with van der Waals surface area (Å²) in [6, 6.07) is 14.6. The summed E-state index contributed by atoms with van der Waals surface area (Å²) in [6.45, 7) is 1.61. The number of fused-ring (bicyclic) bond motifs is 1. The van der Waals surface area contributed by atoms with Crippen molar-refractivity contribution in [2.75, 3.05) is 17.2 Å². The predicted molar refractivity (Wildman–Crippen MR) is 107 cm³/mol. The van der Waals surface area contributed by atoms with Crippen LogP contribution in [0.2, 0.25) is 0 Å².